The highest BCUT2D eigenvalue weighted by Crippen LogP contribution is 2.31. The van der Waals surface area contributed by atoms with Gasteiger partial charge >= 0.3 is 6.18 Å². The number of carbonyl (C=O) groups excluding carboxylic acids is 1. The smallest absolute Gasteiger partial charge is 0.377 e. The van der Waals surface area contributed by atoms with Crippen molar-refractivity contribution in [3.8, 4) is 0 Å². The van der Waals surface area contributed by atoms with Gasteiger partial charge in [-0.3, -0.25) is 4.79 Å². The molecule has 7 heteroatoms. The molecule has 1 amide bonds. The fraction of sp³-hybridized carbons (Fsp3) is 0.500. The minimum absolute atomic E-state index is 0.243. The molecule has 1 fully saturated rings. The van der Waals surface area contributed by atoms with E-state index in [-0.39, 0.29) is 12.6 Å². The summed E-state index contributed by atoms with van der Waals surface area (Å²) in [5.41, 5.74) is -1.58. The van der Waals surface area contributed by atoms with Crippen LogP contribution in [0.15, 0.2) is 18.2 Å². The molecule has 3 nitrogen and oxygen atoms in total. The predicted molar refractivity (Wildman–Crippen MR) is 67.3 cm³/mol. The van der Waals surface area contributed by atoms with Crippen LogP contribution in [0.25, 0.3) is 0 Å². The number of hydrogen-bond acceptors (Lipinski definition) is 2. The summed E-state index contributed by atoms with van der Waals surface area (Å²) in [6, 6.07) is 1.63. The second-order valence-electron chi connectivity index (χ2n) is 4.83. The van der Waals surface area contributed by atoms with E-state index in [4.69, 9.17) is 4.74 Å². The van der Waals surface area contributed by atoms with Crippen molar-refractivity contribution in [1.29, 1.82) is 0 Å². The van der Waals surface area contributed by atoms with Crippen LogP contribution in [0.4, 0.5) is 17.6 Å². The maximum atomic E-state index is 13.7. The lowest BCUT2D eigenvalue weighted by molar-refractivity contribution is -0.137. The van der Waals surface area contributed by atoms with Gasteiger partial charge in [-0.1, -0.05) is 6.92 Å². The van der Waals surface area contributed by atoms with E-state index in [9.17, 15) is 22.4 Å². The Morgan fingerprint density at radius 1 is 1.43 bits per heavy atom. The van der Waals surface area contributed by atoms with E-state index in [1.807, 2.05) is 6.92 Å². The van der Waals surface area contributed by atoms with Gasteiger partial charge < -0.3 is 9.64 Å². The summed E-state index contributed by atoms with van der Waals surface area (Å²) in [5, 5.41) is 0. The molecule has 1 aromatic carbocycles. The van der Waals surface area contributed by atoms with E-state index in [1.54, 1.807) is 0 Å². The molecule has 0 radical (unpaired) electrons. The number of hydrogen-bond donors (Lipinski definition) is 0. The highest BCUT2D eigenvalue weighted by Gasteiger charge is 2.34. The summed E-state index contributed by atoms with van der Waals surface area (Å²) in [6.45, 7) is 2.68. The number of ether oxygens (including phenoxy) is 1. The molecule has 2 rings (SSSR count). The molecule has 1 unspecified atom stereocenters. The first kappa shape index (κ1) is 15.8. The van der Waals surface area contributed by atoms with Gasteiger partial charge in [0.2, 0.25) is 0 Å². The molecule has 1 atom stereocenters. The van der Waals surface area contributed by atoms with Crippen molar-refractivity contribution in [1.82, 2.24) is 4.90 Å². The lowest BCUT2D eigenvalue weighted by atomic mass is 10.1. The molecule has 0 bridgehead atoms. The van der Waals surface area contributed by atoms with Crippen LogP contribution >= 0.6 is 0 Å². The van der Waals surface area contributed by atoms with E-state index in [2.05, 4.69) is 0 Å². The maximum absolute atomic E-state index is 13.7. The average molecular weight is 305 g/mol. The Hall–Kier alpha value is -1.63. The van der Waals surface area contributed by atoms with Crippen molar-refractivity contribution < 1.29 is 27.1 Å². The second-order valence-corrected chi connectivity index (χ2v) is 4.83. The molecule has 1 aliphatic rings. The van der Waals surface area contributed by atoms with Crippen LogP contribution in [0.3, 0.4) is 0 Å². The molecule has 1 heterocycles. The Labute approximate surface area is 119 Å². The fourth-order valence-electron chi connectivity index (χ4n) is 2.28. The molecule has 0 saturated carbocycles. The van der Waals surface area contributed by atoms with Crippen LogP contribution < -0.4 is 0 Å². The van der Waals surface area contributed by atoms with Crippen molar-refractivity contribution in [3.05, 3.63) is 35.1 Å². The summed E-state index contributed by atoms with van der Waals surface area (Å²) in [7, 11) is 0. The number of rotatable bonds is 2. The summed E-state index contributed by atoms with van der Waals surface area (Å²) in [5.74, 6) is -1.68. The number of amides is 1. The quantitative estimate of drug-likeness (QED) is 0.786. The SMILES string of the molecule is CCC1COCCN1C(=O)c1cc(C(F)(F)F)ccc1F. The number of benzene rings is 1. The van der Waals surface area contributed by atoms with Gasteiger partial charge in [0, 0.05) is 6.54 Å². The van der Waals surface area contributed by atoms with Gasteiger partial charge in [-0.25, -0.2) is 4.39 Å². The van der Waals surface area contributed by atoms with E-state index < -0.39 is 29.0 Å². The van der Waals surface area contributed by atoms with Crippen molar-refractivity contribution in [2.75, 3.05) is 19.8 Å². The minimum atomic E-state index is -4.61. The second kappa shape index (κ2) is 6.01. The topological polar surface area (TPSA) is 29.5 Å². The fourth-order valence-corrected chi connectivity index (χ4v) is 2.28. The number of morpholine rings is 1. The minimum Gasteiger partial charge on any atom is -0.377 e. The van der Waals surface area contributed by atoms with Gasteiger partial charge in [0.25, 0.3) is 5.91 Å². The van der Waals surface area contributed by atoms with Gasteiger partial charge in [0.15, 0.2) is 0 Å². The van der Waals surface area contributed by atoms with Gasteiger partial charge in [-0.15, -0.1) is 0 Å². The molecule has 0 spiro atoms. The van der Waals surface area contributed by atoms with E-state index in [0.29, 0.717) is 37.8 Å². The van der Waals surface area contributed by atoms with Crippen molar-refractivity contribution in [3.63, 3.8) is 0 Å². The van der Waals surface area contributed by atoms with E-state index >= 15 is 0 Å². The summed E-state index contributed by atoms with van der Waals surface area (Å²) in [6.07, 6.45) is -4.02. The summed E-state index contributed by atoms with van der Waals surface area (Å²) in [4.78, 5) is 13.7. The summed E-state index contributed by atoms with van der Waals surface area (Å²) < 4.78 is 57.0. The zero-order valence-electron chi connectivity index (χ0n) is 11.4. The van der Waals surface area contributed by atoms with Gasteiger partial charge in [-0.05, 0) is 24.6 Å². The van der Waals surface area contributed by atoms with Crippen LogP contribution in [0.2, 0.25) is 0 Å². The van der Waals surface area contributed by atoms with Crippen LogP contribution in [0, 0.1) is 5.82 Å². The Morgan fingerprint density at radius 2 is 2.14 bits per heavy atom. The highest BCUT2D eigenvalue weighted by atomic mass is 19.4. The van der Waals surface area contributed by atoms with Crippen LogP contribution in [0.5, 0.6) is 0 Å². The summed E-state index contributed by atoms with van der Waals surface area (Å²) >= 11 is 0. The van der Waals surface area contributed by atoms with Gasteiger partial charge in [0.1, 0.15) is 5.82 Å². The molecule has 1 aliphatic heterocycles. The van der Waals surface area contributed by atoms with Gasteiger partial charge in [-0.2, -0.15) is 13.2 Å². The third kappa shape index (κ3) is 3.34. The molecule has 21 heavy (non-hydrogen) atoms. The van der Waals surface area contributed by atoms with Crippen molar-refractivity contribution in [2.45, 2.75) is 25.6 Å². The Morgan fingerprint density at radius 3 is 2.76 bits per heavy atom. The molecule has 116 valence electrons. The molecule has 0 aliphatic carbocycles. The lowest BCUT2D eigenvalue weighted by Crippen LogP contribution is -2.48. The average Bonchev–Trinajstić information content (AvgIpc) is 2.45. The Balaban J connectivity index is 2.33. The van der Waals surface area contributed by atoms with Crippen LogP contribution in [0.1, 0.15) is 29.3 Å². The van der Waals surface area contributed by atoms with Crippen LogP contribution in [-0.4, -0.2) is 36.6 Å². The molecule has 1 aromatic rings. The largest absolute Gasteiger partial charge is 0.416 e. The number of alkyl halides is 3. The first-order chi connectivity index (χ1) is 9.84. The number of nitrogens with zero attached hydrogens (tertiary/aromatic N) is 1. The molecule has 0 N–H and O–H groups in total. The van der Waals surface area contributed by atoms with Crippen LogP contribution in [-0.2, 0) is 10.9 Å². The first-order valence-electron chi connectivity index (χ1n) is 6.60. The molecular formula is C14H15F4NO2. The van der Waals surface area contributed by atoms with E-state index in [1.165, 1.54) is 4.90 Å². The monoisotopic (exact) mass is 305 g/mol. The van der Waals surface area contributed by atoms with E-state index in [0.717, 1.165) is 0 Å². The van der Waals surface area contributed by atoms with Crippen molar-refractivity contribution >= 4 is 5.91 Å². The first-order valence-corrected chi connectivity index (χ1v) is 6.60. The number of halogens is 4. The predicted octanol–water partition coefficient (Wildman–Crippen LogP) is 3.10. The standard InChI is InChI=1S/C14H15F4NO2/c1-2-10-8-21-6-5-19(10)13(20)11-7-9(14(16,17)18)3-4-12(11)15/h3-4,7,10H,2,5-6,8H2,1H3. The third-order valence-electron chi connectivity index (χ3n) is 3.48. The van der Waals surface area contributed by atoms with Crippen molar-refractivity contribution in [2.24, 2.45) is 0 Å². The Bertz CT molecular complexity index is 530. The zero-order chi connectivity index (χ0) is 15.6. The molecular weight excluding hydrogens is 290 g/mol. The lowest BCUT2D eigenvalue weighted by Gasteiger charge is -2.35. The maximum Gasteiger partial charge on any atom is 0.416 e. The zero-order valence-corrected chi connectivity index (χ0v) is 11.4. The molecule has 1 saturated heterocycles. The number of carbonyl (C=O) groups is 1. The highest BCUT2D eigenvalue weighted by molar-refractivity contribution is 5.95. The molecule has 0 aromatic heterocycles. The van der Waals surface area contributed by atoms with Gasteiger partial charge in [0.05, 0.1) is 30.4 Å². The normalized spacial score (nSPS) is 19.7. The third-order valence-corrected chi connectivity index (χ3v) is 3.48. The Kier molecular flexibility index (Phi) is 4.51.